The third kappa shape index (κ3) is 5.27. The summed E-state index contributed by atoms with van der Waals surface area (Å²) in [5.41, 5.74) is 5.68. The number of aryl methyl sites for hydroxylation is 4. The summed E-state index contributed by atoms with van der Waals surface area (Å²) < 4.78 is 29.2. The molecule has 1 aliphatic rings. The maximum atomic E-state index is 13.5. The molecule has 0 atom stereocenters. The van der Waals surface area contributed by atoms with Crippen molar-refractivity contribution in [3.05, 3.63) is 70.1 Å². The summed E-state index contributed by atoms with van der Waals surface area (Å²) in [6, 6.07) is 11.0. The van der Waals surface area contributed by atoms with Gasteiger partial charge in [-0.3, -0.25) is 4.21 Å². The maximum Gasteiger partial charge on any atom is 0.142 e. The van der Waals surface area contributed by atoms with Gasteiger partial charge in [0.2, 0.25) is 0 Å². The van der Waals surface area contributed by atoms with Gasteiger partial charge in [0, 0.05) is 34.3 Å². The molecule has 0 amide bonds. The monoisotopic (exact) mass is 473 g/mol. The van der Waals surface area contributed by atoms with Gasteiger partial charge in [0.15, 0.2) is 0 Å². The van der Waals surface area contributed by atoms with Gasteiger partial charge in [-0.15, -0.1) is 0 Å². The lowest BCUT2D eigenvalue weighted by Gasteiger charge is -2.01. The molecule has 5 rings (SSSR count). The van der Waals surface area contributed by atoms with E-state index in [0.717, 1.165) is 56.5 Å². The second-order valence-electron chi connectivity index (χ2n) is 7.92. The summed E-state index contributed by atoms with van der Waals surface area (Å²) >= 11 is 5.73. The standard InChI is InChI=1S/C20H17ClFN3O.C4H8OS/c1-11-20(12(2)26-25-11)14-5-7-17-18(10-14)24-19(23-17)8-4-13-3-6-15(21)16(22)9-13;5-6-3-1-2-4-6/h3,5-7,9-10H,4,8H2,1-2H3,(H,23,24);1-4H2. The fraction of sp³-hybridized carbons (Fsp3) is 0.333. The fourth-order valence-corrected chi connectivity index (χ4v) is 5.19. The molecule has 5 nitrogen and oxygen atoms in total. The summed E-state index contributed by atoms with van der Waals surface area (Å²) in [6.45, 7) is 3.84. The number of rotatable bonds is 4. The average molecular weight is 474 g/mol. The minimum Gasteiger partial charge on any atom is -0.361 e. The molecule has 1 saturated heterocycles. The van der Waals surface area contributed by atoms with Crippen LogP contribution in [0.4, 0.5) is 4.39 Å². The second-order valence-corrected chi connectivity index (χ2v) is 10.0. The highest BCUT2D eigenvalue weighted by molar-refractivity contribution is 7.85. The van der Waals surface area contributed by atoms with Crippen molar-refractivity contribution >= 4 is 33.4 Å². The number of aromatic nitrogens is 3. The van der Waals surface area contributed by atoms with Gasteiger partial charge in [0.05, 0.1) is 21.7 Å². The molecule has 0 radical (unpaired) electrons. The summed E-state index contributed by atoms with van der Waals surface area (Å²) in [6.07, 6.45) is 3.75. The van der Waals surface area contributed by atoms with Crippen LogP contribution < -0.4 is 0 Å². The van der Waals surface area contributed by atoms with Crippen molar-refractivity contribution in [3.8, 4) is 11.1 Å². The van der Waals surface area contributed by atoms with Gasteiger partial charge in [-0.05, 0) is 68.5 Å². The minimum atomic E-state index is -0.423. The van der Waals surface area contributed by atoms with Crippen LogP contribution in [-0.2, 0) is 23.6 Å². The van der Waals surface area contributed by atoms with Crippen LogP contribution >= 0.6 is 11.6 Å². The maximum absolute atomic E-state index is 13.5. The lowest BCUT2D eigenvalue weighted by atomic mass is 10.0. The first kappa shape index (κ1) is 22.7. The third-order valence-electron chi connectivity index (χ3n) is 5.48. The van der Waals surface area contributed by atoms with E-state index in [1.807, 2.05) is 32.0 Å². The highest BCUT2D eigenvalue weighted by atomic mass is 35.5. The summed E-state index contributed by atoms with van der Waals surface area (Å²) in [4.78, 5) is 7.97. The molecular weight excluding hydrogens is 449 g/mol. The van der Waals surface area contributed by atoms with Gasteiger partial charge >= 0.3 is 0 Å². The van der Waals surface area contributed by atoms with E-state index in [9.17, 15) is 8.60 Å². The van der Waals surface area contributed by atoms with Crippen molar-refractivity contribution in [2.24, 2.45) is 0 Å². The first-order valence-electron chi connectivity index (χ1n) is 10.6. The Balaban J connectivity index is 0.000000354. The molecular formula is C24H25ClFN3O2S. The van der Waals surface area contributed by atoms with E-state index in [1.165, 1.54) is 18.9 Å². The molecule has 2 aromatic carbocycles. The topological polar surface area (TPSA) is 71.8 Å². The number of nitrogens with zero attached hydrogens (tertiary/aromatic N) is 2. The van der Waals surface area contributed by atoms with E-state index in [1.54, 1.807) is 6.07 Å². The van der Waals surface area contributed by atoms with Gasteiger partial charge in [0.1, 0.15) is 17.4 Å². The van der Waals surface area contributed by atoms with Crippen LogP contribution in [0.25, 0.3) is 22.2 Å². The Labute approximate surface area is 193 Å². The van der Waals surface area contributed by atoms with Crippen molar-refractivity contribution in [2.45, 2.75) is 39.5 Å². The van der Waals surface area contributed by atoms with Gasteiger partial charge in [-0.1, -0.05) is 28.9 Å². The zero-order valence-corrected chi connectivity index (χ0v) is 19.7. The Hall–Kier alpha value is -2.51. The molecule has 4 aromatic rings. The number of halogens is 2. The minimum absolute atomic E-state index is 0.143. The predicted octanol–water partition coefficient (Wildman–Crippen LogP) is 5.94. The van der Waals surface area contributed by atoms with E-state index >= 15 is 0 Å². The van der Waals surface area contributed by atoms with Crippen LogP contribution in [0.3, 0.4) is 0 Å². The molecule has 1 N–H and O–H groups in total. The average Bonchev–Trinajstić information content (AvgIpc) is 3.49. The van der Waals surface area contributed by atoms with Crippen LogP contribution in [0, 0.1) is 19.7 Å². The van der Waals surface area contributed by atoms with Crippen LogP contribution in [-0.4, -0.2) is 30.8 Å². The van der Waals surface area contributed by atoms with Crippen molar-refractivity contribution in [1.82, 2.24) is 15.1 Å². The first-order chi connectivity index (χ1) is 15.4. The van der Waals surface area contributed by atoms with Gasteiger partial charge < -0.3 is 9.51 Å². The molecule has 1 fully saturated rings. The van der Waals surface area contributed by atoms with Crippen molar-refractivity contribution in [2.75, 3.05) is 11.5 Å². The fourth-order valence-electron chi connectivity index (χ4n) is 3.82. The summed E-state index contributed by atoms with van der Waals surface area (Å²) in [5, 5.41) is 4.16. The molecule has 8 heteroatoms. The van der Waals surface area contributed by atoms with Crippen molar-refractivity contribution in [1.29, 1.82) is 0 Å². The molecule has 168 valence electrons. The van der Waals surface area contributed by atoms with E-state index < -0.39 is 16.6 Å². The molecule has 32 heavy (non-hydrogen) atoms. The molecule has 3 heterocycles. The highest BCUT2D eigenvalue weighted by Gasteiger charge is 2.13. The Kier molecular flexibility index (Phi) is 7.06. The summed E-state index contributed by atoms with van der Waals surface area (Å²) in [7, 11) is -0.423. The Morgan fingerprint density at radius 2 is 1.91 bits per heavy atom. The summed E-state index contributed by atoms with van der Waals surface area (Å²) in [5.74, 6) is 3.19. The molecule has 0 saturated carbocycles. The number of benzene rings is 2. The smallest absolute Gasteiger partial charge is 0.142 e. The number of fused-ring (bicyclic) bond motifs is 1. The predicted molar refractivity (Wildman–Crippen MR) is 127 cm³/mol. The number of aromatic amines is 1. The Morgan fingerprint density at radius 1 is 1.12 bits per heavy atom. The first-order valence-corrected chi connectivity index (χ1v) is 12.5. The second kappa shape index (κ2) is 9.96. The van der Waals surface area contributed by atoms with E-state index in [0.29, 0.717) is 12.8 Å². The molecule has 2 aromatic heterocycles. The molecule has 0 unspecified atom stereocenters. The zero-order valence-electron chi connectivity index (χ0n) is 18.1. The SMILES string of the molecule is Cc1noc(C)c1-c1ccc2nc(CCc3ccc(Cl)c(F)c3)[nH]c2c1.O=S1CCCC1. The largest absolute Gasteiger partial charge is 0.361 e. The van der Waals surface area contributed by atoms with Crippen LogP contribution in [0.5, 0.6) is 0 Å². The normalized spacial score (nSPS) is 14.0. The molecule has 0 bridgehead atoms. The number of nitrogens with one attached hydrogen (secondary N) is 1. The van der Waals surface area contributed by atoms with E-state index in [2.05, 4.69) is 21.2 Å². The lowest BCUT2D eigenvalue weighted by Crippen LogP contribution is -1.94. The van der Waals surface area contributed by atoms with Gasteiger partial charge in [0.25, 0.3) is 0 Å². The number of H-pyrrole nitrogens is 1. The van der Waals surface area contributed by atoms with E-state index in [4.69, 9.17) is 16.1 Å². The van der Waals surface area contributed by atoms with Crippen LogP contribution in [0.2, 0.25) is 5.02 Å². The molecule has 1 aliphatic heterocycles. The Morgan fingerprint density at radius 3 is 2.53 bits per heavy atom. The van der Waals surface area contributed by atoms with Crippen molar-refractivity contribution < 1.29 is 13.1 Å². The lowest BCUT2D eigenvalue weighted by molar-refractivity contribution is 0.393. The van der Waals surface area contributed by atoms with E-state index in [-0.39, 0.29) is 5.02 Å². The third-order valence-corrected chi connectivity index (χ3v) is 7.28. The highest BCUT2D eigenvalue weighted by Crippen LogP contribution is 2.29. The van der Waals surface area contributed by atoms with Crippen molar-refractivity contribution in [3.63, 3.8) is 0 Å². The number of hydrogen-bond acceptors (Lipinski definition) is 4. The number of imidazole rings is 1. The van der Waals surface area contributed by atoms with Gasteiger partial charge in [-0.2, -0.15) is 0 Å². The molecule has 0 aliphatic carbocycles. The zero-order chi connectivity index (χ0) is 22.7. The van der Waals surface area contributed by atoms with Crippen LogP contribution in [0.15, 0.2) is 40.9 Å². The quantitative estimate of drug-likeness (QED) is 0.398. The van der Waals surface area contributed by atoms with Crippen LogP contribution in [0.1, 0.15) is 35.7 Å². The Bertz CT molecular complexity index is 1240. The number of hydrogen-bond donors (Lipinski definition) is 1. The van der Waals surface area contributed by atoms with Gasteiger partial charge in [-0.25, -0.2) is 9.37 Å². The molecule has 0 spiro atoms.